The van der Waals surface area contributed by atoms with E-state index in [2.05, 4.69) is 25.6 Å². The van der Waals surface area contributed by atoms with Crippen LogP contribution in [0, 0.1) is 0 Å². The van der Waals surface area contributed by atoms with Gasteiger partial charge in [-0.15, -0.1) is 0 Å². The van der Waals surface area contributed by atoms with E-state index in [-0.39, 0.29) is 5.91 Å². The van der Waals surface area contributed by atoms with Crippen molar-refractivity contribution in [1.29, 1.82) is 0 Å². The van der Waals surface area contributed by atoms with Gasteiger partial charge in [-0.25, -0.2) is 0 Å². The lowest BCUT2D eigenvalue weighted by Gasteiger charge is -2.30. The van der Waals surface area contributed by atoms with Gasteiger partial charge in [0, 0.05) is 13.1 Å². The number of H-pyrrole nitrogens is 1. The molecule has 1 fully saturated rings. The first-order valence-electron chi connectivity index (χ1n) is 6.86. The Morgan fingerprint density at radius 1 is 1.20 bits per heavy atom. The van der Waals surface area contributed by atoms with Gasteiger partial charge in [-0.05, 0) is 31.4 Å². The van der Waals surface area contributed by atoms with Crippen LogP contribution in [0.15, 0.2) is 30.5 Å². The molecule has 0 bridgehead atoms. The number of aromatic nitrogens is 3. The Labute approximate surface area is 117 Å². The Balaban J connectivity index is 1.80. The van der Waals surface area contributed by atoms with Gasteiger partial charge < -0.3 is 10.2 Å². The summed E-state index contributed by atoms with van der Waals surface area (Å²) in [4.78, 5) is 14.4. The lowest BCUT2D eigenvalue weighted by atomic mass is 10.1. The van der Waals surface area contributed by atoms with E-state index < -0.39 is 0 Å². The first-order valence-corrected chi connectivity index (χ1v) is 6.86. The maximum Gasteiger partial charge on any atom is 0.277 e. The smallest absolute Gasteiger partial charge is 0.277 e. The number of amides is 1. The van der Waals surface area contributed by atoms with Crippen LogP contribution in [0.2, 0.25) is 0 Å². The minimum absolute atomic E-state index is 0.247. The van der Waals surface area contributed by atoms with Crippen molar-refractivity contribution in [3.05, 3.63) is 36.2 Å². The molecule has 20 heavy (non-hydrogen) atoms. The zero-order chi connectivity index (χ0) is 13.8. The molecule has 1 aliphatic rings. The summed E-state index contributed by atoms with van der Waals surface area (Å²) in [5.74, 6) is -0.247. The number of benzene rings is 1. The number of para-hydroxylation sites is 2. The quantitative estimate of drug-likeness (QED) is 0.896. The molecule has 1 aromatic heterocycles. The molecule has 0 unspecified atom stereocenters. The molecule has 3 rings (SSSR count). The largest absolute Gasteiger partial charge is 0.370 e. The van der Waals surface area contributed by atoms with Crippen molar-refractivity contribution in [2.24, 2.45) is 0 Å². The summed E-state index contributed by atoms with van der Waals surface area (Å²) in [6, 6.07) is 7.88. The fourth-order valence-electron chi connectivity index (χ4n) is 2.49. The molecular weight excluding hydrogens is 254 g/mol. The second kappa shape index (κ2) is 5.73. The first kappa shape index (κ1) is 12.7. The summed E-state index contributed by atoms with van der Waals surface area (Å²) >= 11 is 0. The number of anilines is 2. The van der Waals surface area contributed by atoms with Crippen molar-refractivity contribution >= 4 is 17.3 Å². The number of piperidine rings is 1. The van der Waals surface area contributed by atoms with Gasteiger partial charge in [0.25, 0.3) is 5.91 Å². The number of rotatable bonds is 3. The fraction of sp³-hybridized carbons (Fsp3) is 0.357. The molecule has 6 heteroatoms. The highest BCUT2D eigenvalue weighted by molar-refractivity contribution is 6.04. The van der Waals surface area contributed by atoms with Gasteiger partial charge in [0.05, 0.1) is 17.6 Å². The number of carbonyl (C=O) groups is 1. The Morgan fingerprint density at radius 3 is 2.75 bits per heavy atom. The molecule has 2 N–H and O–H groups in total. The molecule has 2 aromatic rings. The summed E-state index contributed by atoms with van der Waals surface area (Å²) in [6.45, 7) is 2.08. The topological polar surface area (TPSA) is 73.9 Å². The highest BCUT2D eigenvalue weighted by Gasteiger charge is 2.16. The predicted octanol–water partition coefficient (Wildman–Crippen LogP) is 2.05. The monoisotopic (exact) mass is 271 g/mol. The third kappa shape index (κ3) is 2.64. The zero-order valence-electron chi connectivity index (χ0n) is 11.2. The molecule has 0 radical (unpaired) electrons. The van der Waals surface area contributed by atoms with E-state index in [1.165, 1.54) is 25.5 Å². The Bertz CT molecular complexity index is 575. The second-order valence-electron chi connectivity index (χ2n) is 4.87. The molecule has 0 aliphatic carbocycles. The summed E-state index contributed by atoms with van der Waals surface area (Å²) in [7, 11) is 0. The Kier molecular flexibility index (Phi) is 3.62. The number of hydrogen-bond acceptors (Lipinski definition) is 4. The SMILES string of the molecule is O=C(Nc1ccccc1N1CCCCC1)c1cn[nH]n1. The van der Waals surface area contributed by atoms with Crippen LogP contribution in [0.1, 0.15) is 29.8 Å². The number of hydrogen-bond donors (Lipinski definition) is 2. The maximum absolute atomic E-state index is 12.1. The van der Waals surface area contributed by atoms with Gasteiger partial charge in [0.2, 0.25) is 0 Å². The average Bonchev–Trinajstić information content (AvgIpc) is 3.03. The van der Waals surface area contributed by atoms with Crippen molar-refractivity contribution in [1.82, 2.24) is 15.4 Å². The van der Waals surface area contributed by atoms with Crippen LogP contribution in [0.5, 0.6) is 0 Å². The number of nitrogens with one attached hydrogen (secondary N) is 2. The molecule has 0 saturated carbocycles. The van der Waals surface area contributed by atoms with Gasteiger partial charge in [0.1, 0.15) is 0 Å². The molecule has 1 saturated heterocycles. The van der Waals surface area contributed by atoms with Crippen LogP contribution in [0.25, 0.3) is 0 Å². The van der Waals surface area contributed by atoms with Gasteiger partial charge in [-0.1, -0.05) is 12.1 Å². The lowest BCUT2D eigenvalue weighted by molar-refractivity contribution is 0.102. The standard InChI is InChI=1S/C14H17N5O/c20-14(12-10-15-18-17-12)16-11-6-2-3-7-13(11)19-8-4-1-5-9-19/h2-3,6-7,10H,1,4-5,8-9H2,(H,16,20)(H,15,17,18). The van der Waals surface area contributed by atoms with Crippen LogP contribution in [-0.2, 0) is 0 Å². The van der Waals surface area contributed by atoms with Gasteiger partial charge in [-0.3, -0.25) is 4.79 Å². The molecule has 0 atom stereocenters. The number of carbonyl (C=O) groups excluding carboxylic acids is 1. The van der Waals surface area contributed by atoms with E-state index in [0.29, 0.717) is 5.69 Å². The zero-order valence-corrected chi connectivity index (χ0v) is 11.2. The highest BCUT2D eigenvalue weighted by atomic mass is 16.2. The molecule has 0 spiro atoms. The van der Waals surface area contributed by atoms with Crippen molar-refractivity contribution in [2.45, 2.75) is 19.3 Å². The molecule has 104 valence electrons. The van der Waals surface area contributed by atoms with Crippen LogP contribution >= 0.6 is 0 Å². The molecule has 1 aliphatic heterocycles. The normalized spacial score (nSPS) is 15.1. The number of aromatic amines is 1. The van der Waals surface area contributed by atoms with E-state index in [9.17, 15) is 4.79 Å². The first-order chi connectivity index (χ1) is 9.84. The maximum atomic E-state index is 12.1. The minimum Gasteiger partial charge on any atom is -0.370 e. The van der Waals surface area contributed by atoms with Gasteiger partial charge in [0.15, 0.2) is 5.69 Å². The average molecular weight is 271 g/mol. The van der Waals surface area contributed by atoms with Gasteiger partial charge in [-0.2, -0.15) is 15.4 Å². The van der Waals surface area contributed by atoms with Crippen LogP contribution in [-0.4, -0.2) is 34.4 Å². The third-order valence-corrected chi connectivity index (χ3v) is 3.50. The summed E-state index contributed by atoms with van der Waals surface area (Å²) in [6.07, 6.45) is 5.10. The van der Waals surface area contributed by atoms with Crippen molar-refractivity contribution in [3.8, 4) is 0 Å². The summed E-state index contributed by atoms with van der Waals surface area (Å²) in [5, 5.41) is 12.8. The van der Waals surface area contributed by atoms with Crippen molar-refractivity contribution in [2.75, 3.05) is 23.3 Å². The Morgan fingerprint density at radius 2 is 2.00 bits per heavy atom. The van der Waals surface area contributed by atoms with Gasteiger partial charge >= 0.3 is 0 Å². The van der Waals surface area contributed by atoms with E-state index in [4.69, 9.17) is 0 Å². The van der Waals surface area contributed by atoms with Crippen molar-refractivity contribution < 1.29 is 4.79 Å². The van der Waals surface area contributed by atoms with E-state index in [1.807, 2.05) is 24.3 Å². The van der Waals surface area contributed by atoms with E-state index in [1.54, 1.807) is 0 Å². The van der Waals surface area contributed by atoms with E-state index in [0.717, 1.165) is 24.5 Å². The van der Waals surface area contributed by atoms with Crippen LogP contribution in [0.3, 0.4) is 0 Å². The third-order valence-electron chi connectivity index (χ3n) is 3.50. The molecule has 1 aromatic carbocycles. The predicted molar refractivity (Wildman–Crippen MR) is 76.8 cm³/mol. The molecule has 2 heterocycles. The fourth-order valence-corrected chi connectivity index (χ4v) is 2.49. The van der Waals surface area contributed by atoms with Crippen molar-refractivity contribution in [3.63, 3.8) is 0 Å². The molecule has 6 nitrogen and oxygen atoms in total. The highest BCUT2D eigenvalue weighted by Crippen LogP contribution is 2.28. The second-order valence-corrected chi connectivity index (χ2v) is 4.87. The summed E-state index contributed by atoms with van der Waals surface area (Å²) in [5.41, 5.74) is 2.19. The van der Waals surface area contributed by atoms with Crippen LogP contribution < -0.4 is 10.2 Å². The minimum atomic E-state index is -0.247. The lowest BCUT2D eigenvalue weighted by Crippen LogP contribution is -2.30. The summed E-state index contributed by atoms with van der Waals surface area (Å²) < 4.78 is 0. The number of nitrogens with zero attached hydrogens (tertiary/aromatic N) is 3. The molecular formula is C14H17N5O. The molecule has 1 amide bonds. The van der Waals surface area contributed by atoms with E-state index >= 15 is 0 Å². The Hall–Kier alpha value is -2.37. The van der Waals surface area contributed by atoms with Crippen LogP contribution in [0.4, 0.5) is 11.4 Å².